The van der Waals surface area contributed by atoms with Crippen LogP contribution in [0.5, 0.6) is 5.75 Å². The van der Waals surface area contributed by atoms with E-state index in [0.29, 0.717) is 31.8 Å². The van der Waals surface area contributed by atoms with E-state index in [1.807, 2.05) is 24.3 Å². The molecule has 2 aromatic rings. The molecule has 3 saturated heterocycles. The Bertz CT molecular complexity index is 1160. The van der Waals surface area contributed by atoms with Crippen molar-refractivity contribution in [3.63, 3.8) is 0 Å². The highest BCUT2D eigenvalue weighted by Gasteiger charge is 2.41. The van der Waals surface area contributed by atoms with Crippen LogP contribution >= 0.6 is 0 Å². The zero-order chi connectivity index (χ0) is 28.3. The molecule has 2 aromatic carbocycles. The normalized spacial score (nSPS) is 20.1. The van der Waals surface area contributed by atoms with Gasteiger partial charge in [0, 0.05) is 83.2 Å². The van der Waals surface area contributed by atoms with Crippen molar-refractivity contribution < 1.29 is 24.2 Å². The molecule has 0 atom stereocenters. The molecule has 0 spiro atoms. The first-order chi connectivity index (χ1) is 20.1. The molecular formula is C32H42N4O5. The topological polar surface area (TPSA) is 86.7 Å². The number of nitrogens with zero attached hydrogens (tertiary/aromatic N) is 3. The monoisotopic (exact) mass is 562 g/mol. The van der Waals surface area contributed by atoms with Gasteiger partial charge in [0.05, 0.1) is 18.6 Å². The van der Waals surface area contributed by atoms with Crippen LogP contribution in [0, 0.1) is 17.3 Å². The molecule has 9 heteroatoms. The molecular weight excluding hydrogens is 520 g/mol. The van der Waals surface area contributed by atoms with Crippen molar-refractivity contribution in [2.75, 3.05) is 85.4 Å². The summed E-state index contributed by atoms with van der Waals surface area (Å²) < 4.78 is 16.7. The van der Waals surface area contributed by atoms with E-state index in [4.69, 9.17) is 19.4 Å². The maximum absolute atomic E-state index is 12.3. The summed E-state index contributed by atoms with van der Waals surface area (Å²) in [6, 6.07) is 16.1. The predicted molar refractivity (Wildman–Crippen MR) is 156 cm³/mol. The summed E-state index contributed by atoms with van der Waals surface area (Å²) in [7, 11) is 0. The second-order valence-electron chi connectivity index (χ2n) is 11.2. The quantitative estimate of drug-likeness (QED) is 0.274. The number of hydroxylamine groups is 1. The fourth-order valence-corrected chi connectivity index (χ4v) is 5.55. The van der Waals surface area contributed by atoms with Crippen molar-refractivity contribution >= 4 is 5.91 Å². The van der Waals surface area contributed by atoms with Crippen LogP contribution in [0.25, 0.3) is 0 Å². The minimum atomic E-state index is -0.783. The van der Waals surface area contributed by atoms with Gasteiger partial charge in [-0.1, -0.05) is 24.0 Å². The number of hydrogen-bond acceptors (Lipinski definition) is 8. The van der Waals surface area contributed by atoms with E-state index in [9.17, 15) is 4.79 Å². The maximum atomic E-state index is 12.3. The van der Waals surface area contributed by atoms with Crippen molar-refractivity contribution in [2.45, 2.75) is 19.4 Å². The van der Waals surface area contributed by atoms with Gasteiger partial charge < -0.3 is 14.2 Å². The molecule has 3 fully saturated rings. The number of rotatable bonds is 9. The maximum Gasteiger partial charge on any atom is 0.253 e. The van der Waals surface area contributed by atoms with Gasteiger partial charge in [-0.2, -0.15) is 0 Å². The van der Waals surface area contributed by atoms with Gasteiger partial charge >= 0.3 is 0 Å². The lowest BCUT2D eigenvalue weighted by Gasteiger charge is -2.36. The van der Waals surface area contributed by atoms with E-state index in [0.717, 1.165) is 83.2 Å². The van der Waals surface area contributed by atoms with Crippen LogP contribution in [0.2, 0.25) is 0 Å². The zero-order valence-corrected chi connectivity index (χ0v) is 23.9. The summed E-state index contributed by atoms with van der Waals surface area (Å²) in [5.41, 5.74) is 4.20. The first-order valence-electron chi connectivity index (χ1n) is 14.7. The SMILES string of the molecule is O=C(NO)C1(COc2ccc(C#Cc3ccc(CN4CCN(CCN5CCOCC5)CC4)cc3)cc2)CCOCC1. The van der Waals surface area contributed by atoms with Gasteiger partial charge in [0.1, 0.15) is 12.4 Å². The summed E-state index contributed by atoms with van der Waals surface area (Å²) in [5.74, 6) is 6.71. The fraction of sp³-hybridized carbons (Fsp3) is 0.531. The molecule has 1 amide bonds. The Labute approximate surface area is 243 Å². The largest absolute Gasteiger partial charge is 0.492 e. The van der Waals surface area contributed by atoms with Crippen LogP contribution in [0.4, 0.5) is 0 Å². The molecule has 9 nitrogen and oxygen atoms in total. The number of carbonyl (C=O) groups is 1. The molecule has 220 valence electrons. The molecule has 3 aliphatic heterocycles. The Hall–Kier alpha value is -2.97. The summed E-state index contributed by atoms with van der Waals surface area (Å²) >= 11 is 0. The number of amides is 1. The Kier molecular flexibility index (Phi) is 10.6. The standard InChI is InChI=1S/C32H42N4O5/c37-31(33-38)32(11-21-39-22-12-32)26-41-30-9-7-28(8-10-30)2-1-27-3-5-29(6-4-27)25-36-17-15-34(16-18-36)13-14-35-19-23-40-24-20-35/h3-10,38H,11-26H2,(H,33,37). The predicted octanol–water partition coefficient (Wildman–Crippen LogP) is 2.22. The van der Waals surface area contributed by atoms with Gasteiger partial charge in [0.2, 0.25) is 0 Å². The third kappa shape index (κ3) is 8.52. The number of carbonyl (C=O) groups excluding carboxylic acids is 1. The summed E-state index contributed by atoms with van der Waals surface area (Å²) in [4.78, 5) is 19.9. The lowest BCUT2D eigenvalue weighted by molar-refractivity contribution is -0.148. The fourth-order valence-electron chi connectivity index (χ4n) is 5.55. The number of piperazine rings is 1. The lowest BCUT2D eigenvalue weighted by atomic mass is 9.80. The second-order valence-corrected chi connectivity index (χ2v) is 11.2. The second kappa shape index (κ2) is 14.8. The Balaban J connectivity index is 1.05. The van der Waals surface area contributed by atoms with Crippen molar-refractivity contribution in [2.24, 2.45) is 5.41 Å². The van der Waals surface area contributed by atoms with Crippen LogP contribution in [0.15, 0.2) is 48.5 Å². The Morgan fingerprint density at radius 1 is 0.780 bits per heavy atom. The average Bonchev–Trinajstić information content (AvgIpc) is 3.04. The molecule has 5 rings (SSSR count). The van der Waals surface area contributed by atoms with Gasteiger partial charge in [-0.25, -0.2) is 5.48 Å². The van der Waals surface area contributed by atoms with E-state index < -0.39 is 11.3 Å². The van der Waals surface area contributed by atoms with Crippen LogP contribution < -0.4 is 10.2 Å². The van der Waals surface area contributed by atoms with Gasteiger partial charge in [-0.3, -0.25) is 24.7 Å². The number of morpholine rings is 1. The van der Waals surface area contributed by atoms with Crippen molar-refractivity contribution in [1.82, 2.24) is 20.2 Å². The van der Waals surface area contributed by atoms with Crippen molar-refractivity contribution in [1.29, 1.82) is 0 Å². The minimum absolute atomic E-state index is 0.185. The summed E-state index contributed by atoms with van der Waals surface area (Å²) in [5, 5.41) is 9.17. The number of benzene rings is 2. The molecule has 3 heterocycles. The molecule has 2 N–H and O–H groups in total. The van der Waals surface area contributed by atoms with Crippen LogP contribution in [-0.2, 0) is 20.8 Å². The first kappa shape index (κ1) is 29.5. The third-order valence-electron chi connectivity index (χ3n) is 8.41. The molecule has 0 bridgehead atoms. The number of nitrogens with one attached hydrogen (secondary N) is 1. The highest BCUT2D eigenvalue weighted by atomic mass is 16.5. The van der Waals surface area contributed by atoms with Gasteiger partial charge in [-0.05, 0) is 54.8 Å². The molecule has 0 unspecified atom stereocenters. The molecule has 0 radical (unpaired) electrons. The van der Waals surface area contributed by atoms with Gasteiger partial charge in [0.25, 0.3) is 5.91 Å². The Morgan fingerprint density at radius 2 is 1.32 bits per heavy atom. The Morgan fingerprint density at radius 3 is 1.93 bits per heavy atom. The van der Waals surface area contributed by atoms with Gasteiger partial charge in [-0.15, -0.1) is 0 Å². The summed E-state index contributed by atoms with van der Waals surface area (Å²) in [6.45, 7) is 12.7. The van der Waals surface area contributed by atoms with E-state index in [-0.39, 0.29) is 6.61 Å². The van der Waals surface area contributed by atoms with E-state index in [1.54, 1.807) is 5.48 Å². The summed E-state index contributed by atoms with van der Waals surface area (Å²) in [6.07, 6.45) is 1.02. The number of hydrogen-bond donors (Lipinski definition) is 2. The van der Waals surface area contributed by atoms with Gasteiger partial charge in [0.15, 0.2) is 0 Å². The lowest BCUT2D eigenvalue weighted by Crippen LogP contribution is -2.49. The highest BCUT2D eigenvalue weighted by molar-refractivity contribution is 5.81. The van der Waals surface area contributed by atoms with E-state index in [2.05, 4.69) is 50.8 Å². The van der Waals surface area contributed by atoms with Crippen LogP contribution in [0.1, 0.15) is 29.5 Å². The third-order valence-corrected chi connectivity index (χ3v) is 8.41. The van der Waals surface area contributed by atoms with Crippen LogP contribution in [0.3, 0.4) is 0 Å². The molecule has 0 aromatic heterocycles. The van der Waals surface area contributed by atoms with E-state index in [1.165, 1.54) is 5.56 Å². The van der Waals surface area contributed by atoms with Crippen LogP contribution in [-0.4, -0.2) is 111 Å². The minimum Gasteiger partial charge on any atom is -0.492 e. The van der Waals surface area contributed by atoms with Crippen molar-refractivity contribution in [3.8, 4) is 17.6 Å². The number of ether oxygens (including phenoxy) is 3. The zero-order valence-electron chi connectivity index (χ0n) is 23.9. The first-order valence-corrected chi connectivity index (χ1v) is 14.7. The highest BCUT2D eigenvalue weighted by Crippen LogP contribution is 2.32. The smallest absolute Gasteiger partial charge is 0.253 e. The van der Waals surface area contributed by atoms with E-state index >= 15 is 0 Å². The molecule has 0 aliphatic carbocycles. The molecule has 3 aliphatic rings. The molecule has 41 heavy (non-hydrogen) atoms. The van der Waals surface area contributed by atoms with Crippen molar-refractivity contribution in [3.05, 3.63) is 65.2 Å². The average molecular weight is 563 g/mol. The molecule has 0 saturated carbocycles.